The summed E-state index contributed by atoms with van der Waals surface area (Å²) in [5.41, 5.74) is 7.09. The van der Waals surface area contributed by atoms with Crippen LogP contribution in [0.25, 0.3) is 0 Å². The van der Waals surface area contributed by atoms with Crippen LogP contribution in [-0.4, -0.2) is 58.9 Å². The Kier molecular flexibility index (Phi) is 12.1. The van der Waals surface area contributed by atoms with Gasteiger partial charge in [-0.15, -0.1) is 0 Å². The molecule has 0 aliphatic heterocycles. The maximum Gasteiger partial charge on any atom is 0.325 e. The standard InChI is InChI=1S/C31H29ClF5N5O7/c1-31(2,3)27(40-28(46)15-9-10-17(38)16(32)11-15)30(48)39-25(14-7-5-4-6-8-14)29(47)41-42(12-19(44)45)18(43)13-49-26-23(36)21(34)20(33)22(35)24(26)37/h4-11,25,27H,12-13,38H2,1-3H3,(H,39,48)(H,40,46)(H,41,47)(H,44,45). The minimum absolute atomic E-state index is 0.0644. The second kappa shape index (κ2) is 15.6. The predicted octanol–water partition coefficient (Wildman–Crippen LogP) is 3.64. The summed E-state index contributed by atoms with van der Waals surface area (Å²) < 4.78 is 73.1. The van der Waals surface area contributed by atoms with Crippen LogP contribution in [0.5, 0.6) is 5.75 Å². The number of carboxylic acids is 1. The van der Waals surface area contributed by atoms with Crippen molar-refractivity contribution in [2.24, 2.45) is 5.41 Å². The number of nitrogens with two attached hydrogens (primary N) is 1. The molecule has 262 valence electrons. The quantitative estimate of drug-likeness (QED) is 0.0657. The number of amides is 4. The van der Waals surface area contributed by atoms with Crippen LogP contribution in [0.15, 0.2) is 48.5 Å². The van der Waals surface area contributed by atoms with Gasteiger partial charge < -0.3 is 26.2 Å². The monoisotopic (exact) mass is 713 g/mol. The number of nitrogen functional groups attached to an aromatic ring is 1. The van der Waals surface area contributed by atoms with E-state index in [-0.39, 0.29) is 26.8 Å². The lowest BCUT2D eigenvalue weighted by atomic mass is 9.85. The number of anilines is 1. The van der Waals surface area contributed by atoms with E-state index in [1.807, 2.05) is 5.43 Å². The molecule has 4 amide bonds. The normalized spacial score (nSPS) is 12.3. The van der Waals surface area contributed by atoms with Gasteiger partial charge in [0.25, 0.3) is 17.7 Å². The topological polar surface area (TPSA) is 180 Å². The fraction of sp³-hybridized carbons (Fsp3) is 0.258. The van der Waals surface area contributed by atoms with Crippen molar-refractivity contribution in [3.63, 3.8) is 0 Å². The molecule has 3 aromatic carbocycles. The molecule has 0 aliphatic carbocycles. The van der Waals surface area contributed by atoms with Crippen molar-refractivity contribution in [1.29, 1.82) is 0 Å². The highest BCUT2D eigenvalue weighted by Crippen LogP contribution is 2.29. The van der Waals surface area contributed by atoms with Crippen molar-refractivity contribution in [1.82, 2.24) is 21.1 Å². The van der Waals surface area contributed by atoms with Crippen LogP contribution in [0, 0.1) is 34.5 Å². The molecule has 12 nitrogen and oxygen atoms in total. The van der Waals surface area contributed by atoms with E-state index in [2.05, 4.69) is 15.4 Å². The second-order valence-electron chi connectivity index (χ2n) is 11.4. The third kappa shape index (κ3) is 9.34. The Morgan fingerprint density at radius 3 is 1.98 bits per heavy atom. The Labute approximate surface area is 280 Å². The number of hydrogen-bond acceptors (Lipinski definition) is 7. The highest BCUT2D eigenvalue weighted by atomic mass is 35.5. The molecule has 0 aromatic heterocycles. The molecule has 0 spiro atoms. The summed E-state index contributed by atoms with van der Waals surface area (Å²) >= 11 is 6.02. The van der Waals surface area contributed by atoms with Crippen molar-refractivity contribution in [2.45, 2.75) is 32.9 Å². The molecule has 0 fully saturated rings. The number of ether oxygens (including phenoxy) is 1. The fourth-order valence-corrected chi connectivity index (χ4v) is 4.36. The predicted molar refractivity (Wildman–Crippen MR) is 163 cm³/mol. The van der Waals surface area contributed by atoms with E-state index in [0.29, 0.717) is 0 Å². The molecule has 3 aromatic rings. The van der Waals surface area contributed by atoms with E-state index in [1.165, 1.54) is 42.5 Å². The van der Waals surface area contributed by atoms with Crippen LogP contribution in [0.2, 0.25) is 5.02 Å². The molecule has 0 heterocycles. The van der Waals surface area contributed by atoms with Gasteiger partial charge in [-0.25, -0.2) is 18.2 Å². The number of hydrazine groups is 1. The maximum atomic E-state index is 14.0. The molecule has 6 N–H and O–H groups in total. The number of carbonyl (C=O) groups is 5. The number of nitrogens with one attached hydrogen (secondary N) is 3. The number of aliphatic carboxylic acids is 1. The van der Waals surface area contributed by atoms with Crippen LogP contribution in [-0.2, 0) is 19.2 Å². The molecule has 3 rings (SSSR count). The molecule has 0 radical (unpaired) electrons. The minimum atomic E-state index is -2.48. The number of carbonyl (C=O) groups excluding carboxylic acids is 4. The lowest BCUT2D eigenvalue weighted by molar-refractivity contribution is -0.151. The molecular weight excluding hydrogens is 685 g/mol. The first-order chi connectivity index (χ1) is 22.8. The van der Waals surface area contributed by atoms with E-state index in [4.69, 9.17) is 17.3 Å². The highest BCUT2D eigenvalue weighted by Gasteiger charge is 2.37. The van der Waals surface area contributed by atoms with E-state index in [1.54, 1.807) is 26.8 Å². The second-order valence-corrected chi connectivity index (χ2v) is 11.8. The van der Waals surface area contributed by atoms with Crippen molar-refractivity contribution in [3.05, 3.63) is 93.8 Å². The Hall–Kier alpha value is -5.45. The van der Waals surface area contributed by atoms with Gasteiger partial charge in [0.05, 0.1) is 10.7 Å². The summed E-state index contributed by atoms with van der Waals surface area (Å²) in [5, 5.41) is 14.6. The zero-order chi connectivity index (χ0) is 36.8. The number of benzene rings is 3. The summed E-state index contributed by atoms with van der Waals surface area (Å²) in [5.74, 6) is -19.8. The minimum Gasteiger partial charge on any atom is -0.480 e. The lowest BCUT2D eigenvalue weighted by Crippen LogP contribution is -2.57. The largest absolute Gasteiger partial charge is 0.480 e. The number of carboxylic acid groups (broad SMARTS) is 1. The van der Waals surface area contributed by atoms with E-state index >= 15 is 0 Å². The van der Waals surface area contributed by atoms with Crippen LogP contribution < -0.4 is 26.5 Å². The number of halogens is 6. The molecule has 0 aliphatic rings. The third-order valence-corrected chi connectivity index (χ3v) is 7.02. The molecule has 0 bridgehead atoms. The van der Waals surface area contributed by atoms with Crippen molar-refractivity contribution < 1.29 is 55.8 Å². The highest BCUT2D eigenvalue weighted by molar-refractivity contribution is 6.33. The summed E-state index contributed by atoms with van der Waals surface area (Å²) in [6.07, 6.45) is 0. The van der Waals surface area contributed by atoms with Gasteiger partial charge in [0.2, 0.25) is 35.0 Å². The Morgan fingerprint density at radius 2 is 1.45 bits per heavy atom. The zero-order valence-corrected chi connectivity index (χ0v) is 26.6. The summed E-state index contributed by atoms with van der Waals surface area (Å²) in [7, 11) is 0. The summed E-state index contributed by atoms with van der Waals surface area (Å²) in [6.45, 7) is 2.07. The Morgan fingerprint density at radius 1 is 0.878 bits per heavy atom. The smallest absolute Gasteiger partial charge is 0.325 e. The van der Waals surface area contributed by atoms with E-state index < -0.39 is 95.1 Å². The Balaban J connectivity index is 1.87. The number of hydrogen-bond donors (Lipinski definition) is 5. The van der Waals surface area contributed by atoms with Crippen LogP contribution >= 0.6 is 11.6 Å². The summed E-state index contributed by atoms with van der Waals surface area (Å²) in [6, 6.07) is 8.46. The van der Waals surface area contributed by atoms with Gasteiger partial charge in [-0.05, 0) is 29.2 Å². The Bertz CT molecular complexity index is 1750. The van der Waals surface area contributed by atoms with Gasteiger partial charge in [0.15, 0.2) is 12.4 Å². The van der Waals surface area contributed by atoms with E-state index in [0.717, 1.165) is 0 Å². The molecule has 2 atom stereocenters. The number of rotatable bonds is 11. The lowest BCUT2D eigenvalue weighted by Gasteiger charge is -2.32. The van der Waals surface area contributed by atoms with Crippen molar-refractivity contribution in [2.75, 3.05) is 18.9 Å². The van der Waals surface area contributed by atoms with Gasteiger partial charge in [-0.1, -0.05) is 62.7 Å². The van der Waals surface area contributed by atoms with Gasteiger partial charge in [-0.2, -0.15) is 8.78 Å². The van der Waals surface area contributed by atoms with Crippen LogP contribution in [0.1, 0.15) is 42.7 Å². The van der Waals surface area contributed by atoms with Crippen LogP contribution in [0.3, 0.4) is 0 Å². The van der Waals surface area contributed by atoms with Gasteiger partial charge in [-0.3, -0.25) is 29.4 Å². The van der Waals surface area contributed by atoms with Gasteiger partial charge in [0.1, 0.15) is 18.6 Å². The first-order valence-corrected chi connectivity index (χ1v) is 14.4. The average Bonchev–Trinajstić information content (AvgIpc) is 3.04. The molecule has 49 heavy (non-hydrogen) atoms. The van der Waals surface area contributed by atoms with Crippen molar-refractivity contribution >= 4 is 46.9 Å². The third-order valence-electron chi connectivity index (χ3n) is 6.70. The molecule has 0 saturated heterocycles. The molecular formula is C31H29ClF5N5O7. The first-order valence-electron chi connectivity index (χ1n) is 14.0. The SMILES string of the molecule is CC(C)(C)C(NC(=O)c1ccc(N)c(Cl)c1)C(=O)NC(C(=O)NN(CC(=O)O)C(=O)COc1c(F)c(F)c(F)c(F)c1F)c1ccccc1. The molecule has 18 heteroatoms. The summed E-state index contributed by atoms with van der Waals surface area (Å²) in [4.78, 5) is 64.6. The first kappa shape index (κ1) is 38.0. The van der Waals surface area contributed by atoms with Crippen molar-refractivity contribution in [3.8, 4) is 5.75 Å². The van der Waals surface area contributed by atoms with E-state index in [9.17, 15) is 51.0 Å². The number of nitrogens with zero attached hydrogens (tertiary/aromatic N) is 1. The molecule has 0 saturated carbocycles. The van der Waals surface area contributed by atoms with Gasteiger partial charge in [0, 0.05) is 5.56 Å². The maximum absolute atomic E-state index is 14.0. The molecule has 2 unspecified atom stereocenters. The average molecular weight is 714 g/mol. The fourth-order valence-electron chi connectivity index (χ4n) is 4.18. The zero-order valence-electron chi connectivity index (χ0n) is 25.9. The van der Waals surface area contributed by atoms with Gasteiger partial charge >= 0.3 is 5.97 Å². The van der Waals surface area contributed by atoms with Crippen LogP contribution in [0.4, 0.5) is 27.6 Å².